The van der Waals surface area contributed by atoms with E-state index in [-0.39, 0.29) is 0 Å². The molecule has 0 spiro atoms. The van der Waals surface area contributed by atoms with Gasteiger partial charge in [-0.1, -0.05) is 54.6 Å². The van der Waals surface area contributed by atoms with Gasteiger partial charge in [0, 0.05) is 19.8 Å². The van der Waals surface area contributed by atoms with Crippen molar-refractivity contribution in [1.82, 2.24) is 4.98 Å². The molecular weight excluding hydrogens is 332 g/mol. The third-order valence-corrected chi connectivity index (χ3v) is 4.70. The zero-order valence-corrected chi connectivity index (χ0v) is 15.4. The van der Waals surface area contributed by atoms with Crippen molar-refractivity contribution in [3.05, 3.63) is 102 Å². The lowest BCUT2D eigenvalue weighted by Crippen LogP contribution is -2.16. The molecule has 0 bridgehead atoms. The van der Waals surface area contributed by atoms with Gasteiger partial charge in [-0.05, 0) is 46.2 Å². The normalized spacial score (nSPS) is 10.7. The highest BCUT2D eigenvalue weighted by Crippen LogP contribution is 2.21. The summed E-state index contributed by atoms with van der Waals surface area (Å²) in [6.07, 6.45) is 3.67. The molecule has 0 atom stereocenters. The Labute approximate surface area is 159 Å². The van der Waals surface area contributed by atoms with Crippen LogP contribution in [-0.4, -0.2) is 12.0 Å². The summed E-state index contributed by atoms with van der Waals surface area (Å²) in [4.78, 5) is 6.35. The Morgan fingerprint density at radius 2 is 1.67 bits per heavy atom. The van der Waals surface area contributed by atoms with Crippen molar-refractivity contribution in [2.45, 2.75) is 13.2 Å². The summed E-state index contributed by atoms with van der Waals surface area (Å²) in [5.41, 5.74) is 3.54. The number of aromatic nitrogens is 1. The second kappa shape index (κ2) is 7.92. The molecule has 0 aliphatic heterocycles. The molecule has 0 saturated heterocycles. The zero-order valence-electron chi connectivity index (χ0n) is 15.4. The first kappa shape index (κ1) is 17.1. The molecule has 0 amide bonds. The van der Waals surface area contributed by atoms with E-state index in [1.807, 2.05) is 24.4 Å². The molecule has 0 fully saturated rings. The van der Waals surface area contributed by atoms with Crippen molar-refractivity contribution in [3.63, 3.8) is 0 Å². The number of hydrogen-bond acceptors (Lipinski definition) is 3. The van der Waals surface area contributed by atoms with Gasteiger partial charge in [-0.25, -0.2) is 0 Å². The summed E-state index contributed by atoms with van der Waals surface area (Å²) in [5, 5.41) is 2.49. The summed E-state index contributed by atoms with van der Waals surface area (Å²) in [7, 11) is 2.07. The first-order valence-corrected chi connectivity index (χ1v) is 9.09. The maximum absolute atomic E-state index is 6.02. The molecule has 0 aliphatic carbocycles. The summed E-state index contributed by atoms with van der Waals surface area (Å²) >= 11 is 0. The highest BCUT2D eigenvalue weighted by Gasteiger charge is 2.04. The van der Waals surface area contributed by atoms with Gasteiger partial charge in [-0.15, -0.1) is 0 Å². The molecule has 3 heteroatoms. The third kappa shape index (κ3) is 4.09. The quantitative estimate of drug-likeness (QED) is 0.460. The fourth-order valence-electron chi connectivity index (χ4n) is 3.22. The van der Waals surface area contributed by atoms with Gasteiger partial charge in [0.2, 0.25) is 0 Å². The van der Waals surface area contributed by atoms with Crippen molar-refractivity contribution in [2.75, 3.05) is 11.9 Å². The van der Waals surface area contributed by atoms with E-state index in [9.17, 15) is 0 Å². The highest BCUT2D eigenvalue weighted by atomic mass is 16.5. The smallest absolute Gasteiger partial charge is 0.119 e. The fraction of sp³-hybridized carbons (Fsp3) is 0.125. The molecule has 0 unspecified atom stereocenters. The van der Waals surface area contributed by atoms with Gasteiger partial charge in [0.15, 0.2) is 0 Å². The van der Waals surface area contributed by atoms with Crippen LogP contribution in [0.3, 0.4) is 0 Å². The Morgan fingerprint density at radius 3 is 2.48 bits per heavy atom. The fourth-order valence-corrected chi connectivity index (χ4v) is 3.22. The molecule has 1 heterocycles. The molecule has 0 N–H and O–H groups in total. The average Bonchev–Trinajstić information content (AvgIpc) is 2.74. The van der Waals surface area contributed by atoms with E-state index in [4.69, 9.17) is 4.74 Å². The first-order valence-electron chi connectivity index (χ1n) is 9.09. The lowest BCUT2D eigenvalue weighted by Gasteiger charge is -2.19. The van der Waals surface area contributed by atoms with Crippen LogP contribution in [0.1, 0.15) is 11.1 Å². The van der Waals surface area contributed by atoms with Crippen LogP contribution in [0.2, 0.25) is 0 Å². The van der Waals surface area contributed by atoms with Crippen molar-refractivity contribution in [1.29, 1.82) is 0 Å². The first-order chi connectivity index (χ1) is 13.3. The summed E-state index contributed by atoms with van der Waals surface area (Å²) in [5.74, 6) is 0.885. The second-order valence-corrected chi connectivity index (χ2v) is 6.64. The Morgan fingerprint density at radius 1 is 0.852 bits per heavy atom. The topological polar surface area (TPSA) is 25.4 Å². The van der Waals surface area contributed by atoms with Crippen molar-refractivity contribution < 1.29 is 4.74 Å². The average molecular weight is 354 g/mol. The van der Waals surface area contributed by atoms with Gasteiger partial charge in [-0.3, -0.25) is 4.98 Å². The van der Waals surface area contributed by atoms with Crippen LogP contribution in [0.4, 0.5) is 5.69 Å². The molecule has 3 nitrogen and oxygen atoms in total. The predicted molar refractivity (Wildman–Crippen MR) is 111 cm³/mol. The number of hydrogen-bond donors (Lipinski definition) is 0. The van der Waals surface area contributed by atoms with Crippen molar-refractivity contribution in [3.8, 4) is 5.75 Å². The summed E-state index contributed by atoms with van der Waals surface area (Å²) in [6, 6.07) is 27.1. The highest BCUT2D eigenvalue weighted by molar-refractivity contribution is 5.85. The SMILES string of the molecule is CN(Cc1ccc(OCc2cccc3ccccc23)cc1)c1cccnc1. The molecule has 134 valence electrons. The van der Waals surface area contributed by atoms with Crippen LogP contribution in [0.5, 0.6) is 5.75 Å². The molecule has 4 rings (SSSR count). The van der Waals surface area contributed by atoms with Gasteiger partial charge < -0.3 is 9.64 Å². The third-order valence-electron chi connectivity index (χ3n) is 4.70. The predicted octanol–water partition coefficient (Wildman–Crippen LogP) is 5.45. The van der Waals surface area contributed by atoms with E-state index in [0.717, 1.165) is 18.0 Å². The van der Waals surface area contributed by atoms with Gasteiger partial charge in [-0.2, -0.15) is 0 Å². The minimum atomic E-state index is 0.566. The Balaban J connectivity index is 1.41. The maximum Gasteiger partial charge on any atom is 0.119 e. The number of nitrogens with zero attached hydrogens (tertiary/aromatic N) is 2. The molecular formula is C24H22N2O. The van der Waals surface area contributed by atoms with E-state index in [0.29, 0.717) is 6.61 Å². The number of pyridine rings is 1. The van der Waals surface area contributed by atoms with Gasteiger partial charge in [0.1, 0.15) is 12.4 Å². The Bertz CT molecular complexity index is 1010. The lowest BCUT2D eigenvalue weighted by atomic mass is 10.1. The van der Waals surface area contributed by atoms with Crippen LogP contribution in [-0.2, 0) is 13.2 Å². The van der Waals surface area contributed by atoms with Gasteiger partial charge in [0.25, 0.3) is 0 Å². The number of fused-ring (bicyclic) bond motifs is 1. The molecule has 3 aromatic carbocycles. The maximum atomic E-state index is 6.02. The number of benzene rings is 3. The number of ether oxygens (including phenoxy) is 1. The van der Waals surface area contributed by atoms with Crippen LogP contribution >= 0.6 is 0 Å². The van der Waals surface area contributed by atoms with Crippen LogP contribution in [0, 0.1) is 0 Å². The van der Waals surface area contributed by atoms with E-state index in [2.05, 4.69) is 77.6 Å². The molecule has 0 radical (unpaired) electrons. The lowest BCUT2D eigenvalue weighted by molar-refractivity contribution is 0.307. The number of rotatable bonds is 6. The summed E-state index contributed by atoms with van der Waals surface area (Å²) in [6.45, 7) is 1.39. The van der Waals surface area contributed by atoms with Crippen LogP contribution < -0.4 is 9.64 Å². The Hall–Kier alpha value is -3.33. The van der Waals surface area contributed by atoms with Gasteiger partial charge >= 0.3 is 0 Å². The molecule has 4 aromatic rings. The standard InChI is InChI=1S/C24H22N2O/c1-26(22-9-5-15-25-16-22)17-19-11-13-23(14-12-19)27-18-21-8-4-7-20-6-2-3-10-24(20)21/h2-16H,17-18H2,1H3. The second-order valence-electron chi connectivity index (χ2n) is 6.64. The largest absolute Gasteiger partial charge is 0.489 e. The number of anilines is 1. The van der Waals surface area contributed by atoms with Crippen LogP contribution in [0.15, 0.2) is 91.3 Å². The molecule has 0 saturated carbocycles. The van der Waals surface area contributed by atoms with Crippen molar-refractivity contribution >= 4 is 16.5 Å². The van der Waals surface area contributed by atoms with Crippen LogP contribution in [0.25, 0.3) is 10.8 Å². The van der Waals surface area contributed by atoms with Gasteiger partial charge in [0.05, 0.1) is 11.9 Å². The minimum Gasteiger partial charge on any atom is -0.489 e. The summed E-state index contributed by atoms with van der Waals surface area (Å²) < 4.78 is 6.02. The molecule has 1 aromatic heterocycles. The Kier molecular flexibility index (Phi) is 5.01. The molecule has 27 heavy (non-hydrogen) atoms. The monoisotopic (exact) mass is 354 g/mol. The van der Waals surface area contributed by atoms with Crippen molar-refractivity contribution in [2.24, 2.45) is 0 Å². The minimum absolute atomic E-state index is 0.566. The van der Waals surface area contributed by atoms with E-state index in [1.165, 1.54) is 21.9 Å². The molecule has 0 aliphatic rings. The van der Waals surface area contributed by atoms with E-state index in [1.54, 1.807) is 6.20 Å². The van der Waals surface area contributed by atoms with E-state index < -0.39 is 0 Å². The zero-order chi connectivity index (χ0) is 18.5. The van der Waals surface area contributed by atoms with E-state index >= 15 is 0 Å².